The summed E-state index contributed by atoms with van der Waals surface area (Å²) < 4.78 is 10.6. The van der Waals surface area contributed by atoms with Crippen LogP contribution in [0.25, 0.3) is 6.08 Å². The number of rotatable bonds is 6. The van der Waals surface area contributed by atoms with E-state index >= 15 is 0 Å². The number of ether oxygens (including phenoxy) is 2. The van der Waals surface area contributed by atoms with E-state index in [1.54, 1.807) is 14.2 Å². The van der Waals surface area contributed by atoms with Gasteiger partial charge in [0.1, 0.15) is 11.5 Å². The minimum atomic E-state index is 0.353. The summed E-state index contributed by atoms with van der Waals surface area (Å²) in [6.07, 6.45) is 2.13. The monoisotopic (exact) mass is 249 g/mol. The second-order valence-electron chi connectivity index (χ2n) is 4.28. The standard InChI is InChI=1S/C15H23NO2/c1-6-16-12(3)11(2)9-13-10-14(17-4)7-8-15(13)18-5/h7-10,12,16H,6H2,1-5H3/b11-9+. The van der Waals surface area contributed by atoms with Crippen LogP contribution in [0.4, 0.5) is 0 Å². The van der Waals surface area contributed by atoms with Crippen molar-refractivity contribution in [3.8, 4) is 11.5 Å². The van der Waals surface area contributed by atoms with E-state index < -0.39 is 0 Å². The van der Waals surface area contributed by atoms with Crippen LogP contribution in [-0.2, 0) is 0 Å². The van der Waals surface area contributed by atoms with Gasteiger partial charge in [-0.1, -0.05) is 18.6 Å². The smallest absolute Gasteiger partial charge is 0.126 e. The molecule has 100 valence electrons. The molecule has 0 radical (unpaired) electrons. The van der Waals surface area contributed by atoms with Gasteiger partial charge in [0.2, 0.25) is 0 Å². The van der Waals surface area contributed by atoms with Crippen LogP contribution in [-0.4, -0.2) is 26.8 Å². The minimum absolute atomic E-state index is 0.353. The first-order valence-electron chi connectivity index (χ1n) is 6.26. The molecule has 3 heteroatoms. The Bertz CT molecular complexity index is 413. The third-order valence-corrected chi connectivity index (χ3v) is 3.01. The molecule has 1 atom stereocenters. The van der Waals surface area contributed by atoms with Crippen molar-refractivity contribution in [1.29, 1.82) is 0 Å². The molecule has 1 aromatic rings. The zero-order valence-corrected chi connectivity index (χ0v) is 11.9. The Kier molecular flexibility index (Phi) is 5.72. The molecule has 18 heavy (non-hydrogen) atoms. The molecule has 0 saturated heterocycles. The molecule has 1 rings (SSSR count). The molecule has 0 amide bonds. The topological polar surface area (TPSA) is 30.5 Å². The van der Waals surface area contributed by atoms with Crippen LogP contribution in [0, 0.1) is 0 Å². The van der Waals surface area contributed by atoms with Crippen LogP contribution >= 0.6 is 0 Å². The van der Waals surface area contributed by atoms with Crippen LogP contribution in [0.3, 0.4) is 0 Å². The SMILES string of the molecule is CCNC(C)/C(C)=C/c1cc(OC)ccc1OC. The van der Waals surface area contributed by atoms with E-state index in [0.29, 0.717) is 6.04 Å². The first-order chi connectivity index (χ1) is 8.62. The molecule has 0 spiro atoms. The molecule has 1 N–H and O–H groups in total. The van der Waals surface area contributed by atoms with Gasteiger partial charge in [-0.2, -0.15) is 0 Å². The summed E-state index contributed by atoms with van der Waals surface area (Å²) in [5.74, 6) is 1.70. The first-order valence-corrected chi connectivity index (χ1v) is 6.26. The first kappa shape index (κ1) is 14.6. The summed E-state index contributed by atoms with van der Waals surface area (Å²) in [7, 11) is 3.35. The van der Waals surface area contributed by atoms with Gasteiger partial charge >= 0.3 is 0 Å². The molecule has 1 unspecified atom stereocenters. The minimum Gasteiger partial charge on any atom is -0.497 e. The van der Waals surface area contributed by atoms with Crippen LogP contribution in [0.5, 0.6) is 11.5 Å². The summed E-state index contributed by atoms with van der Waals surface area (Å²) >= 11 is 0. The lowest BCUT2D eigenvalue weighted by Gasteiger charge is -2.14. The van der Waals surface area contributed by atoms with E-state index in [9.17, 15) is 0 Å². The quantitative estimate of drug-likeness (QED) is 0.840. The summed E-state index contributed by atoms with van der Waals surface area (Å²) in [6.45, 7) is 7.34. The molecule has 0 bridgehead atoms. The van der Waals surface area contributed by atoms with E-state index in [2.05, 4.69) is 32.2 Å². The zero-order chi connectivity index (χ0) is 13.5. The van der Waals surface area contributed by atoms with Gasteiger partial charge in [0.15, 0.2) is 0 Å². The highest BCUT2D eigenvalue weighted by atomic mass is 16.5. The Morgan fingerprint density at radius 1 is 1.33 bits per heavy atom. The molecular formula is C15H23NO2. The maximum atomic E-state index is 5.36. The van der Waals surface area contributed by atoms with Crippen molar-refractivity contribution in [2.45, 2.75) is 26.8 Å². The van der Waals surface area contributed by atoms with Crippen molar-refractivity contribution < 1.29 is 9.47 Å². The Hall–Kier alpha value is -1.48. The lowest BCUT2D eigenvalue weighted by atomic mass is 10.1. The van der Waals surface area contributed by atoms with Gasteiger partial charge in [0.25, 0.3) is 0 Å². The van der Waals surface area contributed by atoms with Gasteiger partial charge in [-0.05, 0) is 38.6 Å². The third-order valence-electron chi connectivity index (χ3n) is 3.01. The van der Waals surface area contributed by atoms with E-state index in [4.69, 9.17) is 9.47 Å². The van der Waals surface area contributed by atoms with Crippen molar-refractivity contribution in [2.75, 3.05) is 20.8 Å². The largest absolute Gasteiger partial charge is 0.497 e. The fraction of sp³-hybridized carbons (Fsp3) is 0.467. The van der Waals surface area contributed by atoms with Gasteiger partial charge in [-0.25, -0.2) is 0 Å². The summed E-state index contributed by atoms with van der Waals surface area (Å²) in [5.41, 5.74) is 2.31. The van der Waals surface area contributed by atoms with E-state index in [1.807, 2.05) is 18.2 Å². The average molecular weight is 249 g/mol. The molecule has 0 aliphatic heterocycles. The highest BCUT2D eigenvalue weighted by Crippen LogP contribution is 2.26. The van der Waals surface area contributed by atoms with E-state index in [0.717, 1.165) is 23.6 Å². The number of hydrogen-bond donors (Lipinski definition) is 1. The van der Waals surface area contributed by atoms with Gasteiger partial charge in [-0.15, -0.1) is 0 Å². The van der Waals surface area contributed by atoms with E-state index in [1.165, 1.54) is 5.57 Å². The number of likely N-dealkylation sites (N-methyl/N-ethyl adjacent to an activating group) is 1. The number of methoxy groups -OCH3 is 2. The van der Waals surface area contributed by atoms with Gasteiger partial charge in [-0.3, -0.25) is 0 Å². The van der Waals surface area contributed by atoms with E-state index in [-0.39, 0.29) is 0 Å². The number of hydrogen-bond acceptors (Lipinski definition) is 3. The predicted molar refractivity (Wildman–Crippen MR) is 76.3 cm³/mol. The molecular weight excluding hydrogens is 226 g/mol. The Morgan fingerprint density at radius 2 is 2.06 bits per heavy atom. The van der Waals surface area contributed by atoms with Crippen molar-refractivity contribution in [2.24, 2.45) is 0 Å². The number of benzene rings is 1. The average Bonchev–Trinajstić information content (AvgIpc) is 2.38. The normalized spacial score (nSPS) is 13.3. The molecule has 0 aliphatic rings. The summed E-state index contributed by atoms with van der Waals surface area (Å²) in [4.78, 5) is 0. The number of nitrogens with one attached hydrogen (secondary N) is 1. The van der Waals surface area contributed by atoms with Gasteiger partial charge in [0.05, 0.1) is 14.2 Å². The van der Waals surface area contributed by atoms with Crippen molar-refractivity contribution in [3.05, 3.63) is 29.3 Å². The maximum absolute atomic E-state index is 5.36. The molecule has 0 fully saturated rings. The second-order valence-corrected chi connectivity index (χ2v) is 4.28. The second kappa shape index (κ2) is 7.07. The Labute approximate surface area is 110 Å². The fourth-order valence-electron chi connectivity index (χ4n) is 1.79. The van der Waals surface area contributed by atoms with Crippen LogP contribution < -0.4 is 14.8 Å². The molecule has 0 saturated carbocycles. The lowest BCUT2D eigenvalue weighted by molar-refractivity contribution is 0.402. The van der Waals surface area contributed by atoms with Crippen molar-refractivity contribution in [3.63, 3.8) is 0 Å². The highest BCUT2D eigenvalue weighted by molar-refractivity contribution is 5.62. The predicted octanol–water partition coefficient (Wildman–Crippen LogP) is 3.11. The molecule has 0 heterocycles. The third kappa shape index (κ3) is 3.77. The maximum Gasteiger partial charge on any atom is 0.126 e. The Morgan fingerprint density at radius 3 is 2.61 bits per heavy atom. The fourth-order valence-corrected chi connectivity index (χ4v) is 1.79. The highest BCUT2D eigenvalue weighted by Gasteiger charge is 2.06. The molecule has 3 nitrogen and oxygen atoms in total. The van der Waals surface area contributed by atoms with Gasteiger partial charge < -0.3 is 14.8 Å². The van der Waals surface area contributed by atoms with Crippen LogP contribution in [0.1, 0.15) is 26.3 Å². The van der Waals surface area contributed by atoms with Crippen molar-refractivity contribution in [1.82, 2.24) is 5.32 Å². The Balaban J connectivity index is 3.03. The van der Waals surface area contributed by atoms with Crippen molar-refractivity contribution >= 4 is 6.08 Å². The summed E-state index contributed by atoms with van der Waals surface area (Å²) in [5, 5.41) is 3.39. The van der Waals surface area contributed by atoms with Gasteiger partial charge in [0, 0.05) is 11.6 Å². The van der Waals surface area contributed by atoms with Crippen LogP contribution in [0.2, 0.25) is 0 Å². The zero-order valence-electron chi connectivity index (χ0n) is 11.9. The lowest BCUT2D eigenvalue weighted by Crippen LogP contribution is -2.26. The summed E-state index contributed by atoms with van der Waals surface area (Å²) in [6, 6.07) is 6.17. The molecule has 0 aromatic heterocycles. The van der Waals surface area contributed by atoms with Crippen LogP contribution in [0.15, 0.2) is 23.8 Å². The molecule has 1 aromatic carbocycles. The molecule has 0 aliphatic carbocycles.